The number of hydrogen-bond donors (Lipinski definition) is 0. The van der Waals surface area contributed by atoms with Crippen LogP contribution in [-0.4, -0.2) is 36.5 Å². The summed E-state index contributed by atoms with van der Waals surface area (Å²) in [5.41, 5.74) is 2.43. The minimum absolute atomic E-state index is 0.246. The number of carbonyl (C=O) groups excluding carboxylic acids is 1. The van der Waals surface area contributed by atoms with Crippen molar-refractivity contribution >= 4 is 11.6 Å². The smallest absolute Gasteiger partial charge is 0.227 e. The summed E-state index contributed by atoms with van der Waals surface area (Å²) in [6, 6.07) is 21.2. The van der Waals surface area contributed by atoms with Crippen LogP contribution in [0.3, 0.4) is 0 Å². The van der Waals surface area contributed by atoms with Crippen molar-refractivity contribution in [3.05, 3.63) is 78.9 Å². The number of amides is 1. The molecule has 0 unspecified atom stereocenters. The zero-order valence-electron chi connectivity index (χ0n) is 16.8. The fourth-order valence-electron chi connectivity index (χ4n) is 4.00. The zero-order valence-corrected chi connectivity index (χ0v) is 16.8. The van der Waals surface area contributed by atoms with Crippen LogP contribution in [0.5, 0.6) is 0 Å². The number of para-hydroxylation sites is 1. The summed E-state index contributed by atoms with van der Waals surface area (Å²) in [7, 11) is 0. The van der Waals surface area contributed by atoms with Crippen molar-refractivity contribution < 1.29 is 4.79 Å². The molecule has 0 aliphatic carbocycles. The van der Waals surface area contributed by atoms with Crippen LogP contribution in [0.2, 0.25) is 0 Å². The van der Waals surface area contributed by atoms with Gasteiger partial charge in [0, 0.05) is 37.8 Å². The third-order valence-electron chi connectivity index (χ3n) is 5.58. The van der Waals surface area contributed by atoms with Gasteiger partial charge in [0.05, 0.1) is 0 Å². The number of piperidine rings is 1. The zero-order chi connectivity index (χ0) is 19.6. The highest BCUT2D eigenvalue weighted by atomic mass is 16.2. The molecule has 1 aliphatic heterocycles. The Morgan fingerprint density at radius 2 is 1.68 bits per heavy atom. The largest absolute Gasteiger partial charge is 0.309 e. The molecule has 1 aliphatic rings. The van der Waals surface area contributed by atoms with Crippen LogP contribution in [0, 0.1) is 0 Å². The molecule has 2 aromatic rings. The van der Waals surface area contributed by atoms with Gasteiger partial charge in [-0.2, -0.15) is 0 Å². The highest BCUT2D eigenvalue weighted by Gasteiger charge is 2.28. The molecule has 148 valence electrons. The molecule has 3 rings (SSSR count). The van der Waals surface area contributed by atoms with E-state index in [1.807, 2.05) is 24.3 Å². The van der Waals surface area contributed by atoms with Crippen LogP contribution in [0.1, 0.15) is 37.7 Å². The van der Waals surface area contributed by atoms with E-state index in [4.69, 9.17) is 0 Å². The highest BCUT2D eigenvalue weighted by Crippen LogP contribution is 2.25. The van der Waals surface area contributed by atoms with E-state index in [2.05, 4.69) is 58.8 Å². The van der Waals surface area contributed by atoms with Gasteiger partial charge in [-0.3, -0.25) is 4.79 Å². The molecule has 1 fully saturated rings. The van der Waals surface area contributed by atoms with Gasteiger partial charge in [-0.15, -0.1) is 6.58 Å². The monoisotopic (exact) mass is 376 g/mol. The summed E-state index contributed by atoms with van der Waals surface area (Å²) >= 11 is 0. The van der Waals surface area contributed by atoms with Gasteiger partial charge in [-0.1, -0.05) is 54.6 Å². The molecule has 0 N–H and O–H groups in total. The minimum atomic E-state index is 0.246. The summed E-state index contributed by atoms with van der Waals surface area (Å²) in [5, 5.41) is 0. The molecule has 0 radical (unpaired) electrons. The highest BCUT2D eigenvalue weighted by molar-refractivity contribution is 5.93. The van der Waals surface area contributed by atoms with Crippen LogP contribution in [0.15, 0.2) is 73.3 Å². The third kappa shape index (κ3) is 5.80. The van der Waals surface area contributed by atoms with Crippen molar-refractivity contribution in [3.63, 3.8) is 0 Å². The van der Waals surface area contributed by atoms with E-state index in [1.54, 1.807) is 0 Å². The molecule has 0 spiro atoms. The maximum Gasteiger partial charge on any atom is 0.227 e. The van der Waals surface area contributed by atoms with Crippen molar-refractivity contribution in [2.45, 2.75) is 44.6 Å². The third-order valence-corrected chi connectivity index (χ3v) is 5.58. The maximum atomic E-state index is 13.0. The molecule has 0 atom stereocenters. The predicted octanol–water partition coefficient (Wildman–Crippen LogP) is 5.08. The summed E-state index contributed by atoms with van der Waals surface area (Å²) in [6.07, 6.45) is 7.43. The number of unbranched alkanes of at least 4 members (excludes halogenated alkanes) is 1. The molecule has 0 bridgehead atoms. The van der Waals surface area contributed by atoms with Gasteiger partial charge in [0.1, 0.15) is 0 Å². The van der Waals surface area contributed by atoms with Gasteiger partial charge >= 0.3 is 0 Å². The Balaban J connectivity index is 1.57. The van der Waals surface area contributed by atoms with Crippen molar-refractivity contribution in [1.82, 2.24) is 4.90 Å². The first-order valence-corrected chi connectivity index (χ1v) is 10.5. The number of hydrogen-bond acceptors (Lipinski definition) is 2. The number of benzene rings is 2. The van der Waals surface area contributed by atoms with Crippen LogP contribution < -0.4 is 4.90 Å². The first-order chi connectivity index (χ1) is 13.8. The summed E-state index contributed by atoms with van der Waals surface area (Å²) in [4.78, 5) is 17.6. The topological polar surface area (TPSA) is 23.6 Å². The Hall–Kier alpha value is -2.39. The van der Waals surface area contributed by atoms with E-state index < -0.39 is 0 Å². The molecule has 3 nitrogen and oxygen atoms in total. The van der Waals surface area contributed by atoms with Crippen LogP contribution in [0.4, 0.5) is 5.69 Å². The summed E-state index contributed by atoms with van der Waals surface area (Å²) < 4.78 is 0. The maximum absolute atomic E-state index is 13.0. The van der Waals surface area contributed by atoms with E-state index in [0.717, 1.165) is 57.4 Å². The van der Waals surface area contributed by atoms with E-state index in [9.17, 15) is 4.79 Å². The Morgan fingerprint density at radius 3 is 2.32 bits per heavy atom. The fourth-order valence-corrected chi connectivity index (χ4v) is 4.00. The van der Waals surface area contributed by atoms with Gasteiger partial charge < -0.3 is 9.80 Å². The van der Waals surface area contributed by atoms with Gasteiger partial charge in [-0.05, 0) is 49.8 Å². The molecule has 0 saturated carbocycles. The van der Waals surface area contributed by atoms with E-state index in [-0.39, 0.29) is 5.91 Å². The second-order valence-corrected chi connectivity index (χ2v) is 7.59. The second-order valence-electron chi connectivity index (χ2n) is 7.59. The van der Waals surface area contributed by atoms with Crippen LogP contribution in [0.25, 0.3) is 0 Å². The first-order valence-electron chi connectivity index (χ1n) is 10.5. The van der Waals surface area contributed by atoms with E-state index >= 15 is 0 Å². The lowest BCUT2D eigenvalue weighted by molar-refractivity contribution is -0.119. The molecule has 1 heterocycles. The molecule has 3 heteroatoms. The van der Waals surface area contributed by atoms with E-state index in [0.29, 0.717) is 12.5 Å². The van der Waals surface area contributed by atoms with Gasteiger partial charge in [0.25, 0.3) is 0 Å². The minimum Gasteiger partial charge on any atom is -0.309 e. The molecule has 0 aromatic heterocycles. The van der Waals surface area contributed by atoms with Crippen molar-refractivity contribution in [3.8, 4) is 0 Å². The number of carbonyl (C=O) groups is 1. The molecule has 28 heavy (non-hydrogen) atoms. The Bertz CT molecular complexity index is 721. The summed E-state index contributed by atoms with van der Waals surface area (Å²) in [6.45, 7) is 6.97. The number of nitrogens with zero attached hydrogens (tertiary/aromatic N) is 2. The number of anilines is 1. The van der Waals surface area contributed by atoms with Crippen LogP contribution in [-0.2, 0) is 11.2 Å². The lowest BCUT2D eigenvalue weighted by Gasteiger charge is -2.38. The second kappa shape index (κ2) is 10.8. The first kappa shape index (κ1) is 20.3. The SMILES string of the molecule is C=CCCCC(=O)N(c1ccccc1)C1CCN(CCc2ccccc2)CC1. The average molecular weight is 377 g/mol. The Kier molecular flexibility index (Phi) is 7.86. The van der Waals surface area contributed by atoms with Crippen molar-refractivity contribution in [1.29, 1.82) is 0 Å². The van der Waals surface area contributed by atoms with Gasteiger partial charge in [0.2, 0.25) is 5.91 Å². The normalized spacial score (nSPS) is 15.3. The lowest BCUT2D eigenvalue weighted by Crippen LogP contribution is -2.48. The average Bonchev–Trinajstić information content (AvgIpc) is 2.75. The summed E-state index contributed by atoms with van der Waals surface area (Å²) in [5.74, 6) is 0.246. The molecular formula is C25H32N2O. The standard InChI is InChI=1S/C25H32N2O/c1-2-3-6-15-25(28)27(23-13-9-5-10-14-23)24-17-20-26(21-18-24)19-16-22-11-7-4-8-12-22/h2,4-5,7-14,24H,1,3,6,15-21H2. The molecule has 1 amide bonds. The van der Waals surface area contributed by atoms with Crippen molar-refractivity contribution in [2.75, 3.05) is 24.5 Å². The predicted molar refractivity (Wildman–Crippen MR) is 118 cm³/mol. The van der Waals surface area contributed by atoms with Crippen LogP contribution >= 0.6 is 0 Å². The number of allylic oxidation sites excluding steroid dienone is 1. The van der Waals surface area contributed by atoms with Crippen molar-refractivity contribution in [2.24, 2.45) is 0 Å². The molecule has 1 saturated heterocycles. The number of rotatable bonds is 9. The molecular weight excluding hydrogens is 344 g/mol. The van der Waals surface area contributed by atoms with Gasteiger partial charge in [0.15, 0.2) is 0 Å². The Labute approximate surface area is 169 Å². The Morgan fingerprint density at radius 1 is 1.04 bits per heavy atom. The fraction of sp³-hybridized carbons (Fsp3) is 0.400. The number of likely N-dealkylation sites (tertiary alicyclic amines) is 1. The lowest BCUT2D eigenvalue weighted by atomic mass is 10.0. The molecule has 2 aromatic carbocycles. The quantitative estimate of drug-likeness (QED) is 0.450. The van der Waals surface area contributed by atoms with E-state index in [1.165, 1.54) is 5.56 Å². The van der Waals surface area contributed by atoms with Gasteiger partial charge in [-0.25, -0.2) is 0 Å².